The van der Waals surface area contributed by atoms with E-state index in [1.807, 2.05) is 42.6 Å². The molecule has 39 heavy (non-hydrogen) atoms. The number of anilines is 1. The lowest BCUT2D eigenvalue weighted by Crippen LogP contribution is -2.57. The predicted molar refractivity (Wildman–Crippen MR) is 152 cm³/mol. The molecule has 2 heterocycles. The Morgan fingerprint density at radius 1 is 1.21 bits per heavy atom. The second kappa shape index (κ2) is 11.0. The first-order valence-electron chi connectivity index (χ1n) is 13.2. The van der Waals surface area contributed by atoms with Gasteiger partial charge in [-0.1, -0.05) is 32.0 Å². The summed E-state index contributed by atoms with van der Waals surface area (Å²) in [6.07, 6.45) is 1.51. The number of nitrogens with zero attached hydrogens (tertiary/aromatic N) is 1. The minimum atomic E-state index is -0.702. The third-order valence-corrected chi connectivity index (χ3v) is 10.8. The minimum Gasteiger partial charge on any atom is -0.497 e. The molecule has 0 radical (unpaired) electrons. The van der Waals surface area contributed by atoms with Crippen LogP contribution >= 0.6 is 22.7 Å². The van der Waals surface area contributed by atoms with Gasteiger partial charge in [0.1, 0.15) is 5.75 Å². The Hall–Kier alpha value is -2.79. The van der Waals surface area contributed by atoms with Gasteiger partial charge >= 0.3 is 0 Å². The van der Waals surface area contributed by atoms with E-state index in [0.717, 1.165) is 28.3 Å². The van der Waals surface area contributed by atoms with Gasteiger partial charge in [-0.15, -0.1) is 22.7 Å². The van der Waals surface area contributed by atoms with E-state index >= 15 is 0 Å². The first-order chi connectivity index (χ1) is 18.7. The highest BCUT2D eigenvalue weighted by atomic mass is 32.1. The number of aliphatic hydroxyl groups excluding tert-OH is 2. The molecular weight excluding hydrogens is 534 g/mol. The summed E-state index contributed by atoms with van der Waals surface area (Å²) in [4.78, 5) is 32.6. The van der Waals surface area contributed by atoms with Crippen LogP contribution < -0.4 is 15.4 Å². The Morgan fingerprint density at radius 2 is 1.97 bits per heavy atom. The second-order valence-corrected chi connectivity index (χ2v) is 13.2. The molecular formula is C29H35N3O5S2. The van der Waals surface area contributed by atoms with E-state index in [2.05, 4.69) is 17.6 Å². The third-order valence-electron chi connectivity index (χ3n) is 8.90. The van der Waals surface area contributed by atoms with Crippen LogP contribution in [0.25, 0.3) is 0 Å². The molecule has 208 valence electrons. The van der Waals surface area contributed by atoms with Gasteiger partial charge in [-0.25, -0.2) is 4.98 Å². The molecule has 2 aliphatic rings. The fourth-order valence-electron chi connectivity index (χ4n) is 6.47. The molecule has 5 unspecified atom stereocenters. The molecule has 1 aromatic carbocycles. The van der Waals surface area contributed by atoms with Crippen molar-refractivity contribution in [1.29, 1.82) is 0 Å². The van der Waals surface area contributed by atoms with Crippen LogP contribution in [-0.2, 0) is 17.8 Å². The largest absolute Gasteiger partial charge is 0.497 e. The standard InChI is InChI=1S/C29H35N3O5S2/c1-28-11-10-23(34)29(2,16-33)22(28)14-21-25(31-27(39-21)32-26(36)20-5-4-12-38-20)19(28)13-24(35)30-15-17-6-8-18(37-3)9-7-17/h4-9,12,19,22-23,33-34H,10-11,13-16H2,1-3H3,(H,30,35)(H,31,32,36). The average Bonchev–Trinajstić information content (AvgIpc) is 3.61. The van der Waals surface area contributed by atoms with Crippen LogP contribution in [0.3, 0.4) is 0 Å². The first-order valence-corrected chi connectivity index (χ1v) is 14.9. The zero-order valence-electron chi connectivity index (χ0n) is 22.4. The number of ether oxygens (including phenoxy) is 1. The van der Waals surface area contributed by atoms with Crippen molar-refractivity contribution in [2.75, 3.05) is 19.0 Å². The number of thiazole rings is 1. The topological polar surface area (TPSA) is 121 Å². The van der Waals surface area contributed by atoms with Crippen molar-refractivity contribution in [3.8, 4) is 5.75 Å². The summed E-state index contributed by atoms with van der Waals surface area (Å²) in [5, 5.41) is 29.8. The molecule has 2 amide bonds. The number of carbonyl (C=O) groups excluding carboxylic acids is 2. The summed E-state index contributed by atoms with van der Waals surface area (Å²) in [7, 11) is 1.62. The van der Waals surface area contributed by atoms with E-state index in [4.69, 9.17) is 9.72 Å². The monoisotopic (exact) mass is 569 g/mol. The van der Waals surface area contributed by atoms with Crippen LogP contribution in [0, 0.1) is 16.7 Å². The van der Waals surface area contributed by atoms with Crippen LogP contribution in [0.15, 0.2) is 41.8 Å². The zero-order valence-corrected chi connectivity index (χ0v) is 24.0. The highest BCUT2D eigenvalue weighted by molar-refractivity contribution is 7.16. The average molecular weight is 570 g/mol. The molecule has 0 bridgehead atoms. The van der Waals surface area contributed by atoms with Gasteiger partial charge in [-0.05, 0) is 59.7 Å². The molecule has 5 atom stereocenters. The number of hydrogen-bond donors (Lipinski definition) is 4. The van der Waals surface area contributed by atoms with Gasteiger partial charge in [0.25, 0.3) is 5.91 Å². The quantitative estimate of drug-likeness (QED) is 0.315. The first kappa shape index (κ1) is 27.8. The number of aliphatic hydroxyl groups is 2. The summed E-state index contributed by atoms with van der Waals surface area (Å²) in [6, 6.07) is 11.2. The summed E-state index contributed by atoms with van der Waals surface area (Å²) in [5.74, 6) is 0.202. The molecule has 0 aliphatic heterocycles. The number of rotatable bonds is 8. The number of thiophene rings is 1. The Balaban J connectivity index is 1.42. The molecule has 0 saturated heterocycles. The Kier molecular flexibility index (Phi) is 7.83. The lowest BCUT2D eigenvalue weighted by Gasteiger charge is -2.58. The van der Waals surface area contributed by atoms with Crippen molar-refractivity contribution in [1.82, 2.24) is 10.3 Å². The number of benzene rings is 1. The molecule has 1 fully saturated rings. The lowest BCUT2D eigenvalue weighted by molar-refractivity contribution is -0.144. The highest BCUT2D eigenvalue weighted by Crippen LogP contribution is 2.62. The number of carbonyl (C=O) groups is 2. The molecule has 5 rings (SSSR count). The predicted octanol–water partition coefficient (Wildman–Crippen LogP) is 4.59. The second-order valence-electron chi connectivity index (χ2n) is 11.1. The fourth-order valence-corrected chi connectivity index (χ4v) is 8.15. The van der Waals surface area contributed by atoms with Crippen molar-refractivity contribution >= 4 is 39.6 Å². The number of amides is 2. The van der Waals surface area contributed by atoms with Crippen LogP contribution in [0.5, 0.6) is 5.75 Å². The third kappa shape index (κ3) is 5.23. The maximum Gasteiger partial charge on any atom is 0.267 e. The van der Waals surface area contributed by atoms with Gasteiger partial charge in [-0.3, -0.25) is 14.9 Å². The van der Waals surface area contributed by atoms with Crippen LogP contribution in [0.1, 0.15) is 64.8 Å². The van der Waals surface area contributed by atoms with Gasteiger partial charge in [0.2, 0.25) is 5.91 Å². The maximum absolute atomic E-state index is 13.3. The number of methoxy groups -OCH3 is 1. The normalized spacial score (nSPS) is 27.8. The molecule has 0 spiro atoms. The van der Waals surface area contributed by atoms with E-state index in [-0.39, 0.29) is 42.1 Å². The molecule has 3 aromatic rings. The Morgan fingerprint density at radius 3 is 2.64 bits per heavy atom. The number of aromatic nitrogens is 1. The minimum absolute atomic E-state index is 0.0491. The van der Waals surface area contributed by atoms with Crippen molar-refractivity contribution in [3.63, 3.8) is 0 Å². The van der Waals surface area contributed by atoms with Gasteiger partial charge in [0.05, 0.1) is 30.4 Å². The summed E-state index contributed by atoms with van der Waals surface area (Å²) in [5.41, 5.74) is 0.756. The van der Waals surface area contributed by atoms with Gasteiger partial charge in [-0.2, -0.15) is 0 Å². The van der Waals surface area contributed by atoms with Gasteiger partial charge in [0, 0.05) is 29.2 Å². The molecule has 10 heteroatoms. The van der Waals surface area contributed by atoms with E-state index in [1.54, 1.807) is 13.2 Å². The Labute approximate surface area is 236 Å². The van der Waals surface area contributed by atoms with E-state index in [1.165, 1.54) is 22.7 Å². The van der Waals surface area contributed by atoms with Gasteiger partial charge < -0.3 is 20.3 Å². The maximum atomic E-state index is 13.3. The molecule has 8 nitrogen and oxygen atoms in total. The molecule has 1 saturated carbocycles. The number of fused-ring (bicyclic) bond motifs is 2. The van der Waals surface area contributed by atoms with E-state index < -0.39 is 11.5 Å². The van der Waals surface area contributed by atoms with Crippen LogP contribution in [-0.4, -0.2) is 46.8 Å². The number of nitrogens with one attached hydrogen (secondary N) is 2. The van der Waals surface area contributed by atoms with Crippen molar-refractivity contribution in [2.45, 2.75) is 58.1 Å². The smallest absolute Gasteiger partial charge is 0.267 e. The number of hydrogen-bond acceptors (Lipinski definition) is 8. The summed E-state index contributed by atoms with van der Waals surface area (Å²) < 4.78 is 5.22. The molecule has 2 aliphatic carbocycles. The highest BCUT2D eigenvalue weighted by Gasteiger charge is 2.59. The lowest BCUT2D eigenvalue weighted by atomic mass is 9.47. The summed E-state index contributed by atoms with van der Waals surface area (Å²) in [6.45, 7) is 4.38. The van der Waals surface area contributed by atoms with Crippen molar-refractivity contribution in [2.24, 2.45) is 16.7 Å². The van der Waals surface area contributed by atoms with E-state index in [0.29, 0.717) is 29.4 Å². The van der Waals surface area contributed by atoms with Crippen LogP contribution in [0.2, 0.25) is 0 Å². The van der Waals surface area contributed by atoms with E-state index in [9.17, 15) is 19.8 Å². The SMILES string of the molecule is COc1ccc(CNC(=O)CC2c3nc(NC(=O)c4cccs4)sc3CC3C(C)(CO)C(O)CCC23C)cc1. The van der Waals surface area contributed by atoms with Crippen LogP contribution in [0.4, 0.5) is 5.13 Å². The molecule has 4 N–H and O–H groups in total. The zero-order chi connectivity index (χ0) is 27.8. The summed E-state index contributed by atoms with van der Waals surface area (Å²) >= 11 is 2.79. The Bertz CT molecular complexity index is 1330. The van der Waals surface area contributed by atoms with Gasteiger partial charge in [0.15, 0.2) is 5.13 Å². The van der Waals surface area contributed by atoms with Crippen molar-refractivity contribution in [3.05, 3.63) is 62.8 Å². The molecule has 2 aromatic heterocycles. The fraction of sp³-hybridized carbons (Fsp3) is 0.483. The van der Waals surface area contributed by atoms with Crippen molar-refractivity contribution < 1.29 is 24.5 Å².